The van der Waals surface area contributed by atoms with E-state index in [1.807, 2.05) is 26.0 Å². The van der Waals surface area contributed by atoms with Crippen molar-refractivity contribution in [1.82, 2.24) is 10.2 Å². The number of benzene rings is 1. The summed E-state index contributed by atoms with van der Waals surface area (Å²) in [4.78, 5) is 37.1. The first-order valence-corrected chi connectivity index (χ1v) is 8.85. The van der Waals surface area contributed by atoms with E-state index in [0.717, 1.165) is 5.56 Å². The number of carboxylic acids is 1. The minimum Gasteiger partial charge on any atom is -0.481 e. The van der Waals surface area contributed by atoms with Crippen molar-refractivity contribution in [3.8, 4) is 0 Å². The van der Waals surface area contributed by atoms with Crippen molar-refractivity contribution in [2.24, 2.45) is 11.8 Å². The number of nitrogens with zero attached hydrogens (tertiary/aromatic N) is 1. The molecule has 1 aliphatic rings. The molecule has 0 spiro atoms. The zero-order valence-electron chi connectivity index (χ0n) is 14.8. The standard InChI is InChI=1S/C19H26N2O4/c1-3-21(4-2)18(23)14-7-5-13(6-8-14)12-20-17(22)15-9-10-16(11-15)19(24)25/h5-8,15-16H,3-4,9-12H2,1-2H3,(H,20,22)(H,24,25)/t15-,16+/m1/s1. The van der Waals surface area contributed by atoms with Gasteiger partial charge in [0.15, 0.2) is 0 Å². The van der Waals surface area contributed by atoms with E-state index < -0.39 is 11.9 Å². The molecule has 1 aliphatic carbocycles. The van der Waals surface area contributed by atoms with Crippen LogP contribution < -0.4 is 5.32 Å². The first kappa shape index (κ1) is 19.0. The summed E-state index contributed by atoms with van der Waals surface area (Å²) in [6.45, 7) is 5.62. The number of carbonyl (C=O) groups excluding carboxylic acids is 2. The fourth-order valence-electron chi connectivity index (χ4n) is 3.24. The van der Waals surface area contributed by atoms with Crippen LogP contribution >= 0.6 is 0 Å². The van der Waals surface area contributed by atoms with Gasteiger partial charge in [-0.25, -0.2) is 0 Å². The molecule has 2 atom stereocenters. The topological polar surface area (TPSA) is 86.7 Å². The van der Waals surface area contributed by atoms with Crippen LogP contribution in [0.3, 0.4) is 0 Å². The summed E-state index contributed by atoms with van der Waals surface area (Å²) in [5.41, 5.74) is 1.55. The number of rotatable bonds is 7. The van der Waals surface area contributed by atoms with Gasteiger partial charge in [-0.3, -0.25) is 14.4 Å². The third-order valence-electron chi connectivity index (χ3n) is 4.87. The highest BCUT2D eigenvalue weighted by molar-refractivity contribution is 5.94. The van der Waals surface area contributed by atoms with Gasteiger partial charge in [0.05, 0.1) is 5.92 Å². The number of amides is 2. The van der Waals surface area contributed by atoms with Gasteiger partial charge in [0.2, 0.25) is 5.91 Å². The summed E-state index contributed by atoms with van der Waals surface area (Å²) in [6, 6.07) is 7.23. The van der Waals surface area contributed by atoms with Gasteiger partial charge in [0, 0.05) is 31.1 Å². The minimum atomic E-state index is -0.816. The smallest absolute Gasteiger partial charge is 0.306 e. The zero-order valence-corrected chi connectivity index (χ0v) is 14.8. The molecule has 6 heteroatoms. The Labute approximate surface area is 148 Å². The molecule has 2 amide bonds. The second-order valence-electron chi connectivity index (χ2n) is 6.44. The molecule has 25 heavy (non-hydrogen) atoms. The summed E-state index contributed by atoms with van der Waals surface area (Å²) in [5.74, 6) is -1.52. The summed E-state index contributed by atoms with van der Waals surface area (Å²) in [5, 5.41) is 11.9. The summed E-state index contributed by atoms with van der Waals surface area (Å²) >= 11 is 0. The third-order valence-corrected chi connectivity index (χ3v) is 4.87. The van der Waals surface area contributed by atoms with Crippen LogP contribution in [-0.4, -0.2) is 40.9 Å². The predicted molar refractivity (Wildman–Crippen MR) is 94.0 cm³/mol. The average molecular weight is 346 g/mol. The molecule has 1 fully saturated rings. The highest BCUT2D eigenvalue weighted by Gasteiger charge is 2.33. The first-order valence-electron chi connectivity index (χ1n) is 8.85. The van der Waals surface area contributed by atoms with E-state index in [9.17, 15) is 14.4 Å². The quantitative estimate of drug-likeness (QED) is 0.793. The van der Waals surface area contributed by atoms with Crippen LogP contribution in [0.5, 0.6) is 0 Å². The molecular weight excluding hydrogens is 320 g/mol. The van der Waals surface area contributed by atoms with Crippen molar-refractivity contribution in [2.75, 3.05) is 13.1 Å². The van der Waals surface area contributed by atoms with Crippen LogP contribution in [0.2, 0.25) is 0 Å². The molecule has 0 radical (unpaired) electrons. The maximum Gasteiger partial charge on any atom is 0.306 e. The molecule has 136 valence electrons. The lowest BCUT2D eigenvalue weighted by atomic mass is 10.0. The van der Waals surface area contributed by atoms with E-state index in [2.05, 4.69) is 5.32 Å². The third kappa shape index (κ3) is 4.81. The first-order chi connectivity index (χ1) is 12.0. The van der Waals surface area contributed by atoms with Crippen molar-refractivity contribution >= 4 is 17.8 Å². The SMILES string of the molecule is CCN(CC)C(=O)c1ccc(CNC(=O)[C@@H]2CC[C@H](C(=O)O)C2)cc1. The van der Waals surface area contributed by atoms with Gasteiger partial charge in [-0.1, -0.05) is 12.1 Å². The van der Waals surface area contributed by atoms with E-state index >= 15 is 0 Å². The van der Waals surface area contributed by atoms with Crippen LogP contribution in [0.15, 0.2) is 24.3 Å². The molecule has 2 rings (SSSR count). The lowest BCUT2D eigenvalue weighted by molar-refractivity contribution is -0.141. The Kier molecular flexibility index (Phi) is 6.56. The van der Waals surface area contributed by atoms with Crippen molar-refractivity contribution in [2.45, 2.75) is 39.7 Å². The zero-order chi connectivity index (χ0) is 18.4. The Bertz CT molecular complexity index is 623. The molecule has 1 saturated carbocycles. The monoisotopic (exact) mass is 346 g/mol. The van der Waals surface area contributed by atoms with Gasteiger partial charge < -0.3 is 15.3 Å². The number of nitrogens with one attached hydrogen (secondary N) is 1. The van der Waals surface area contributed by atoms with Crippen molar-refractivity contribution in [1.29, 1.82) is 0 Å². The number of hydrogen-bond acceptors (Lipinski definition) is 3. The summed E-state index contributed by atoms with van der Waals surface area (Å²) in [6.07, 6.45) is 1.61. The van der Waals surface area contributed by atoms with Crippen LogP contribution in [0, 0.1) is 11.8 Å². The Hall–Kier alpha value is -2.37. The van der Waals surface area contributed by atoms with Crippen molar-refractivity contribution in [3.63, 3.8) is 0 Å². The maximum atomic E-state index is 12.3. The second-order valence-corrected chi connectivity index (χ2v) is 6.44. The Morgan fingerprint density at radius 2 is 1.68 bits per heavy atom. The number of carbonyl (C=O) groups is 3. The predicted octanol–water partition coefficient (Wildman–Crippen LogP) is 2.29. The lowest BCUT2D eigenvalue weighted by Gasteiger charge is -2.18. The highest BCUT2D eigenvalue weighted by Crippen LogP contribution is 2.31. The molecule has 1 aromatic carbocycles. The van der Waals surface area contributed by atoms with Crippen molar-refractivity contribution < 1.29 is 19.5 Å². The average Bonchev–Trinajstić information content (AvgIpc) is 3.11. The molecule has 0 aliphatic heterocycles. The van der Waals surface area contributed by atoms with Gasteiger partial charge in [-0.15, -0.1) is 0 Å². The molecule has 2 N–H and O–H groups in total. The normalized spacial score (nSPS) is 19.4. The van der Waals surface area contributed by atoms with Gasteiger partial charge in [0.25, 0.3) is 5.91 Å². The molecule has 6 nitrogen and oxygen atoms in total. The van der Waals surface area contributed by atoms with Crippen LogP contribution in [0.25, 0.3) is 0 Å². The van der Waals surface area contributed by atoms with Gasteiger partial charge in [-0.2, -0.15) is 0 Å². The van der Waals surface area contributed by atoms with Crippen molar-refractivity contribution in [3.05, 3.63) is 35.4 Å². The second kappa shape index (κ2) is 8.65. The molecule has 0 heterocycles. The van der Waals surface area contributed by atoms with Crippen LogP contribution in [-0.2, 0) is 16.1 Å². The number of carboxylic acid groups (broad SMARTS) is 1. The van der Waals surface area contributed by atoms with Gasteiger partial charge in [-0.05, 0) is 50.8 Å². The molecule has 0 bridgehead atoms. The van der Waals surface area contributed by atoms with E-state index in [4.69, 9.17) is 5.11 Å². The largest absolute Gasteiger partial charge is 0.481 e. The lowest BCUT2D eigenvalue weighted by Crippen LogP contribution is -2.30. The number of aliphatic carboxylic acids is 1. The molecule has 0 aromatic heterocycles. The maximum absolute atomic E-state index is 12.3. The van der Waals surface area contributed by atoms with E-state index in [-0.39, 0.29) is 17.7 Å². The van der Waals surface area contributed by atoms with Gasteiger partial charge >= 0.3 is 5.97 Å². The van der Waals surface area contributed by atoms with Crippen LogP contribution in [0.4, 0.5) is 0 Å². The fraction of sp³-hybridized carbons (Fsp3) is 0.526. The summed E-state index contributed by atoms with van der Waals surface area (Å²) in [7, 11) is 0. The van der Waals surface area contributed by atoms with E-state index in [1.165, 1.54) is 0 Å². The molecule has 1 aromatic rings. The van der Waals surface area contributed by atoms with Crippen LogP contribution in [0.1, 0.15) is 49.0 Å². The van der Waals surface area contributed by atoms with Gasteiger partial charge in [0.1, 0.15) is 0 Å². The highest BCUT2D eigenvalue weighted by atomic mass is 16.4. The molecule has 0 saturated heterocycles. The molecule has 0 unspecified atom stereocenters. The summed E-state index contributed by atoms with van der Waals surface area (Å²) < 4.78 is 0. The Balaban J connectivity index is 1.86. The van der Waals surface area contributed by atoms with E-state index in [0.29, 0.717) is 44.5 Å². The Morgan fingerprint density at radius 3 is 2.20 bits per heavy atom. The van der Waals surface area contributed by atoms with E-state index in [1.54, 1.807) is 17.0 Å². The molecular formula is C19H26N2O4. The minimum absolute atomic E-state index is 0.00579. The number of hydrogen-bond donors (Lipinski definition) is 2. The Morgan fingerprint density at radius 1 is 1.08 bits per heavy atom. The fourth-order valence-corrected chi connectivity index (χ4v) is 3.24.